The molecule has 4 nitrogen and oxygen atoms in total. The number of hydrogen-bond acceptors (Lipinski definition) is 3. The highest BCUT2D eigenvalue weighted by Crippen LogP contribution is 2.55. The van der Waals surface area contributed by atoms with Crippen LogP contribution in [0.15, 0.2) is 42.5 Å². The van der Waals surface area contributed by atoms with Gasteiger partial charge in [0, 0.05) is 12.0 Å². The van der Waals surface area contributed by atoms with Crippen molar-refractivity contribution in [1.82, 2.24) is 10.2 Å². The maximum absolute atomic E-state index is 13.5. The summed E-state index contributed by atoms with van der Waals surface area (Å²) in [6.45, 7) is 1.61. The molecule has 4 rings (SSSR count). The molecule has 1 fully saturated rings. The summed E-state index contributed by atoms with van der Waals surface area (Å²) in [5.41, 5.74) is 7.94. The molecule has 1 aliphatic heterocycles. The number of alkyl halides is 3. The van der Waals surface area contributed by atoms with Gasteiger partial charge in [-0.25, -0.2) is 0 Å². The number of halogens is 3. The summed E-state index contributed by atoms with van der Waals surface area (Å²) in [5.74, 6) is -0.638. The number of carbonyl (C=O) groups excluding carboxylic acids is 1. The van der Waals surface area contributed by atoms with Crippen LogP contribution in [-0.4, -0.2) is 49.2 Å². The summed E-state index contributed by atoms with van der Waals surface area (Å²) in [7, 11) is 0. The normalized spacial score (nSPS) is 25.9. The second-order valence-corrected chi connectivity index (χ2v) is 9.29. The molecule has 174 valence electrons. The second kappa shape index (κ2) is 9.40. The van der Waals surface area contributed by atoms with Gasteiger partial charge in [-0.2, -0.15) is 13.2 Å². The van der Waals surface area contributed by atoms with Gasteiger partial charge in [0.15, 0.2) is 0 Å². The SMILES string of the molecule is NC1CCN(CCCCC2(C(=O)NCC(F)(F)F)c3ccccc3C3=CC=CCC32)CC1. The molecule has 32 heavy (non-hydrogen) atoms. The van der Waals surface area contributed by atoms with Crippen LogP contribution in [0.1, 0.15) is 49.7 Å². The number of amides is 1. The summed E-state index contributed by atoms with van der Waals surface area (Å²) >= 11 is 0. The minimum atomic E-state index is -4.44. The van der Waals surface area contributed by atoms with Gasteiger partial charge in [-0.15, -0.1) is 0 Å². The Morgan fingerprint density at radius 3 is 2.69 bits per heavy atom. The number of nitrogens with zero attached hydrogens (tertiary/aromatic N) is 1. The molecule has 0 radical (unpaired) electrons. The summed E-state index contributed by atoms with van der Waals surface area (Å²) in [5, 5.41) is 2.23. The molecule has 0 bridgehead atoms. The molecule has 0 saturated carbocycles. The summed E-state index contributed by atoms with van der Waals surface area (Å²) in [6.07, 6.45) is 6.46. The van der Waals surface area contributed by atoms with E-state index in [1.807, 2.05) is 42.5 Å². The van der Waals surface area contributed by atoms with Crippen LogP contribution in [-0.2, 0) is 10.2 Å². The third-order valence-corrected chi connectivity index (χ3v) is 7.25. The Balaban J connectivity index is 1.55. The van der Waals surface area contributed by atoms with Crippen LogP contribution < -0.4 is 11.1 Å². The zero-order valence-electron chi connectivity index (χ0n) is 18.3. The Labute approximate surface area is 187 Å². The van der Waals surface area contributed by atoms with Crippen LogP contribution in [0.25, 0.3) is 5.57 Å². The summed E-state index contributed by atoms with van der Waals surface area (Å²) in [6, 6.07) is 8.01. The Kier molecular flexibility index (Phi) is 6.77. The monoisotopic (exact) mass is 447 g/mol. The van der Waals surface area contributed by atoms with Gasteiger partial charge in [0.05, 0.1) is 5.41 Å². The van der Waals surface area contributed by atoms with Gasteiger partial charge in [-0.3, -0.25) is 4.79 Å². The maximum Gasteiger partial charge on any atom is 0.405 e. The van der Waals surface area contributed by atoms with E-state index in [-0.39, 0.29) is 12.0 Å². The Bertz CT molecular complexity index is 887. The number of unbranched alkanes of at least 4 members (excludes halogenated alkanes) is 1. The molecule has 1 aromatic carbocycles. The third-order valence-electron chi connectivity index (χ3n) is 7.25. The van der Waals surface area contributed by atoms with E-state index in [0.717, 1.165) is 62.0 Å². The van der Waals surface area contributed by atoms with Gasteiger partial charge in [0.25, 0.3) is 0 Å². The van der Waals surface area contributed by atoms with Crippen LogP contribution in [0.3, 0.4) is 0 Å². The van der Waals surface area contributed by atoms with E-state index in [1.54, 1.807) is 0 Å². The molecule has 1 amide bonds. The number of allylic oxidation sites excluding steroid dienone is 4. The number of fused-ring (bicyclic) bond motifs is 3. The van der Waals surface area contributed by atoms with Crippen LogP contribution in [0.4, 0.5) is 13.2 Å². The highest BCUT2D eigenvalue weighted by molar-refractivity contribution is 5.97. The van der Waals surface area contributed by atoms with Crippen LogP contribution >= 0.6 is 0 Å². The van der Waals surface area contributed by atoms with Crippen molar-refractivity contribution in [2.24, 2.45) is 11.7 Å². The van der Waals surface area contributed by atoms with E-state index < -0.39 is 24.0 Å². The zero-order valence-corrected chi connectivity index (χ0v) is 18.3. The predicted octanol–water partition coefficient (Wildman–Crippen LogP) is 4.17. The van der Waals surface area contributed by atoms with Crippen LogP contribution in [0.2, 0.25) is 0 Å². The minimum Gasteiger partial charge on any atom is -0.346 e. The fourth-order valence-corrected chi connectivity index (χ4v) is 5.64. The lowest BCUT2D eigenvalue weighted by Gasteiger charge is -2.36. The van der Waals surface area contributed by atoms with Crippen molar-refractivity contribution < 1.29 is 18.0 Å². The van der Waals surface area contributed by atoms with Crippen molar-refractivity contribution >= 4 is 11.5 Å². The van der Waals surface area contributed by atoms with Crippen molar-refractivity contribution in [3.8, 4) is 0 Å². The third kappa shape index (κ3) is 4.64. The number of benzene rings is 1. The van der Waals surface area contributed by atoms with Crippen LogP contribution in [0.5, 0.6) is 0 Å². The molecule has 7 heteroatoms. The van der Waals surface area contributed by atoms with Gasteiger partial charge in [0.2, 0.25) is 5.91 Å². The molecule has 2 unspecified atom stereocenters. The fourth-order valence-electron chi connectivity index (χ4n) is 5.64. The molecule has 3 N–H and O–H groups in total. The van der Waals surface area contributed by atoms with Crippen molar-refractivity contribution in [2.75, 3.05) is 26.2 Å². The van der Waals surface area contributed by atoms with Crippen molar-refractivity contribution in [1.29, 1.82) is 0 Å². The predicted molar refractivity (Wildman–Crippen MR) is 120 cm³/mol. The lowest BCUT2D eigenvalue weighted by atomic mass is 9.67. The average molecular weight is 448 g/mol. The van der Waals surface area contributed by atoms with E-state index in [0.29, 0.717) is 12.8 Å². The van der Waals surface area contributed by atoms with E-state index in [4.69, 9.17) is 5.73 Å². The Hall–Kier alpha value is -2.12. The molecular formula is C25H32F3N3O. The highest BCUT2D eigenvalue weighted by Gasteiger charge is 2.54. The average Bonchev–Trinajstić information content (AvgIpc) is 3.07. The molecule has 2 aliphatic carbocycles. The van der Waals surface area contributed by atoms with Crippen molar-refractivity contribution in [3.63, 3.8) is 0 Å². The van der Waals surface area contributed by atoms with Crippen molar-refractivity contribution in [2.45, 2.75) is 56.2 Å². The smallest absolute Gasteiger partial charge is 0.346 e. The number of piperidine rings is 1. The molecule has 0 aromatic heterocycles. The first-order valence-electron chi connectivity index (χ1n) is 11.6. The Morgan fingerprint density at radius 2 is 1.94 bits per heavy atom. The molecule has 3 aliphatic rings. The molecule has 1 heterocycles. The summed E-state index contributed by atoms with van der Waals surface area (Å²) in [4.78, 5) is 15.9. The largest absolute Gasteiger partial charge is 0.405 e. The molecule has 0 spiro atoms. The topological polar surface area (TPSA) is 58.4 Å². The number of hydrogen-bond donors (Lipinski definition) is 2. The first-order valence-corrected chi connectivity index (χ1v) is 11.6. The van der Waals surface area contributed by atoms with E-state index in [2.05, 4.69) is 10.2 Å². The second-order valence-electron chi connectivity index (χ2n) is 9.29. The van der Waals surface area contributed by atoms with E-state index in [1.165, 1.54) is 0 Å². The fraction of sp³-hybridized carbons (Fsp3) is 0.560. The van der Waals surface area contributed by atoms with Gasteiger partial charge in [-0.05, 0) is 68.4 Å². The molecular weight excluding hydrogens is 415 g/mol. The quantitative estimate of drug-likeness (QED) is 0.617. The van der Waals surface area contributed by atoms with E-state index >= 15 is 0 Å². The highest BCUT2D eigenvalue weighted by atomic mass is 19.4. The van der Waals surface area contributed by atoms with Gasteiger partial charge >= 0.3 is 6.18 Å². The molecule has 2 atom stereocenters. The number of nitrogens with one attached hydrogen (secondary N) is 1. The van der Waals surface area contributed by atoms with Gasteiger partial charge < -0.3 is 16.0 Å². The zero-order chi connectivity index (χ0) is 22.8. The number of carbonyl (C=O) groups is 1. The van der Waals surface area contributed by atoms with E-state index in [9.17, 15) is 18.0 Å². The maximum atomic E-state index is 13.5. The standard InChI is InChI=1S/C25H32F3N3O/c26-25(27,28)17-30-23(32)24(13-5-6-14-31-15-11-18(29)12-16-31)21-9-3-1-7-19(21)20-8-2-4-10-22(20)24/h1-4,7-9,18,22H,5-6,10-17,29H2,(H,30,32). The Morgan fingerprint density at radius 1 is 1.19 bits per heavy atom. The first kappa shape index (κ1) is 23.1. The van der Waals surface area contributed by atoms with Gasteiger partial charge in [0.1, 0.15) is 6.54 Å². The minimum absolute atomic E-state index is 0.133. The first-order chi connectivity index (χ1) is 15.3. The summed E-state index contributed by atoms with van der Waals surface area (Å²) < 4.78 is 38.8. The van der Waals surface area contributed by atoms with Gasteiger partial charge in [-0.1, -0.05) is 48.9 Å². The van der Waals surface area contributed by atoms with Crippen molar-refractivity contribution in [3.05, 3.63) is 53.6 Å². The molecule has 1 aromatic rings. The molecule has 1 saturated heterocycles. The lowest BCUT2D eigenvalue weighted by molar-refractivity contribution is -0.143. The lowest BCUT2D eigenvalue weighted by Crippen LogP contribution is -2.50. The number of rotatable bonds is 7. The number of likely N-dealkylation sites (tertiary alicyclic amines) is 1. The van der Waals surface area contributed by atoms with Crippen LogP contribution in [0, 0.1) is 5.92 Å². The number of nitrogens with two attached hydrogens (primary N) is 1.